The zero-order chi connectivity index (χ0) is 10.9. The Morgan fingerprint density at radius 1 is 1.33 bits per heavy atom. The lowest BCUT2D eigenvalue weighted by atomic mass is 9.81. The molecular formula is C12H14N2O. The minimum atomic E-state index is -0.600. The maximum atomic E-state index is 10.1. The van der Waals surface area contributed by atoms with Crippen LogP contribution in [-0.4, -0.2) is 21.9 Å². The van der Waals surface area contributed by atoms with Gasteiger partial charge in [-0.15, -0.1) is 0 Å². The molecule has 2 rings (SSSR count). The summed E-state index contributed by atoms with van der Waals surface area (Å²) in [4.78, 5) is 8.39. The Bertz CT molecular complexity index is 407. The number of aliphatic hydroxyl groups excluding tert-OH is 1. The zero-order valence-corrected chi connectivity index (χ0v) is 8.88. The van der Waals surface area contributed by atoms with Gasteiger partial charge >= 0.3 is 0 Å². The van der Waals surface area contributed by atoms with Gasteiger partial charge in [0.05, 0.1) is 11.4 Å². The van der Waals surface area contributed by atoms with E-state index >= 15 is 0 Å². The van der Waals surface area contributed by atoms with Gasteiger partial charge in [0.2, 0.25) is 0 Å². The van der Waals surface area contributed by atoms with Gasteiger partial charge in [-0.05, 0) is 12.1 Å². The van der Waals surface area contributed by atoms with Crippen molar-refractivity contribution in [2.45, 2.75) is 20.0 Å². The van der Waals surface area contributed by atoms with Crippen LogP contribution in [0.25, 0.3) is 0 Å². The Morgan fingerprint density at radius 2 is 2.13 bits per heavy atom. The van der Waals surface area contributed by atoms with Crippen molar-refractivity contribution < 1.29 is 5.11 Å². The standard InChI is InChI=1S/C12H14N2O/c1-12(2)6-8-14-10(11(12)15)9-5-3-4-7-13-9/h3-8,11,15H,1-2H3. The predicted octanol–water partition coefficient (Wildman–Crippen LogP) is 1.79. The molecule has 0 spiro atoms. The third-order valence-corrected chi connectivity index (χ3v) is 2.61. The summed E-state index contributed by atoms with van der Waals surface area (Å²) in [7, 11) is 0. The molecule has 15 heavy (non-hydrogen) atoms. The van der Waals surface area contributed by atoms with E-state index in [1.165, 1.54) is 0 Å². The second-order valence-corrected chi connectivity index (χ2v) is 4.27. The molecule has 1 aliphatic rings. The molecule has 0 fully saturated rings. The van der Waals surface area contributed by atoms with Gasteiger partial charge in [0, 0.05) is 17.8 Å². The van der Waals surface area contributed by atoms with E-state index in [2.05, 4.69) is 9.98 Å². The number of aliphatic hydroxyl groups is 1. The summed E-state index contributed by atoms with van der Waals surface area (Å²) in [5.74, 6) is 0. The van der Waals surface area contributed by atoms with Crippen molar-refractivity contribution in [1.29, 1.82) is 0 Å². The van der Waals surface area contributed by atoms with Gasteiger partial charge in [-0.2, -0.15) is 0 Å². The van der Waals surface area contributed by atoms with E-state index in [1.807, 2.05) is 38.1 Å². The number of rotatable bonds is 1. The molecule has 0 radical (unpaired) electrons. The number of hydrogen-bond donors (Lipinski definition) is 1. The number of pyridine rings is 1. The molecule has 0 bridgehead atoms. The normalized spacial score (nSPS) is 23.7. The molecule has 1 aromatic rings. The molecule has 0 saturated heterocycles. The van der Waals surface area contributed by atoms with Gasteiger partial charge in [-0.1, -0.05) is 26.0 Å². The molecule has 1 N–H and O–H groups in total. The first-order chi connectivity index (χ1) is 7.11. The molecule has 3 heteroatoms. The fraction of sp³-hybridized carbons (Fsp3) is 0.333. The van der Waals surface area contributed by atoms with E-state index < -0.39 is 6.10 Å². The van der Waals surface area contributed by atoms with Crippen LogP contribution in [0.3, 0.4) is 0 Å². The van der Waals surface area contributed by atoms with Gasteiger partial charge in [0.15, 0.2) is 0 Å². The number of nitrogens with zero attached hydrogens (tertiary/aromatic N) is 2. The Hall–Kier alpha value is -1.48. The molecule has 3 nitrogen and oxygen atoms in total. The molecule has 1 aromatic heterocycles. The fourth-order valence-electron chi connectivity index (χ4n) is 1.54. The van der Waals surface area contributed by atoms with Crippen molar-refractivity contribution in [1.82, 2.24) is 4.98 Å². The molecular weight excluding hydrogens is 188 g/mol. The third kappa shape index (κ3) is 1.83. The minimum absolute atomic E-state index is 0.283. The topological polar surface area (TPSA) is 45.5 Å². The van der Waals surface area contributed by atoms with E-state index in [-0.39, 0.29) is 5.41 Å². The van der Waals surface area contributed by atoms with E-state index in [0.29, 0.717) is 5.71 Å². The van der Waals surface area contributed by atoms with Gasteiger partial charge in [0.25, 0.3) is 0 Å². The van der Waals surface area contributed by atoms with Crippen LogP contribution in [0.4, 0.5) is 0 Å². The Morgan fingerprint density at radius 3 is 2.80 bits per heavy atom. The largest absolute Gasteiger partial charge is 0.386 e. The van der Waals surface area contributed by atoms with Crippen molar-refractivity contribution in [2.24, 2.45) is 10.4 Å². The van der Waals surface area contributed by atoms with Crippen molar-refractivity contribution in [2.75, 3.05) is 0 Å². The van der Waals surface area contributed by atoms with Gasteiger partial charge in [-0.25, -0.2) is 0 Å². The SMILES string of the molecule is CC1(C)C=CN=C(c2ccccn2)C1O. The third-order valence-electron chi connectivity index (χ3n) is 2.61. The first kappa shape index (κ1) is 10.1. The first-order valence-electron chi connectivity index (χ1n) is 4.96. The van der Waals surface area contributed by atoms with Crippen LogP contribution < -0.4 is 0 Å². The second kappa shape index (κ2) is 3.59. The van der Waals surface area contributed by atoms with Gasteiger partial charge in [0.1, 0.15) is 6.10 Å². The van der Waals surface area contributed by atoms with Crippen LogP contribution in [0.5, 0.6) is 0 Å². The molecule has 0 aromatic carbocycles. The van der Waals surface area contributed by atoms with Gasteiger partial charge in [-0.3, -0.25) is 9.98 Å². The molecule has 78 valence electrons. The lowest BCUT2D eigenvalue weighted by molar-refractivity contribution is 0.141. The molecule has 1 aliphatic heterocycles. The Kier molecular flexibility index (Phi) is 2.40. The van der Waals surface area contributed by atoms with Crippen LogP contribution in [0.15, 0.2) is 41.7 Å². The lowest BCUT2D eigenvalue weighted by Gasteiger charge is -2.30. The van der Waals surface area contributed by atoms with E-state index in [1.54, 1.807) is 12.4 Å². The maximum absolute atomic E-state index is 10.1. The van der Waals surface area contributed by atoms with Crippen molar-refractivity contribution in [3.63, 3.8) is 0 Å². The Balaban J connectivity index is 2.39. The molecule has 1 atom stereocenters. The van der Waals surface area contributed by atoms with Crippen LogP contribution in [0, 0.1) is 5.41 Å². The van der Waals surface area contributed by atoms with E-state index in [9.17, 15) is 5.11 Å². The summed E-state index contributed by atoms with van der Waals surface area (Å²) < 4.78 is 0. The predicted molar refractivity (Wildman–Crippen MR) is 59.7 cm³/mol. The summed E-state index contributed by atoms with van der Waals surface area (Å²) in [6, 6.07) is 5.60. The summed E-state index contributed by atoms with van der Waals surface area (Å²) in [6.45, 7) is 3.96. The number of aromatic nitrogens is 1. The quantitative estimate of drug-likeness (QED) is 0.754. The zero-order valence-electron chi connectivity index (χ0n) is 8.88. The lowest BCUT2D eigenvalue weighted by Crippen LogP contribution is -2.37. The van der Waals surface area contributed by atoms with E-state index in [4.69, 9.17) is 0 Å². The minimum Gasteiger partial charge on any atom is -0.386 e. The highest BCUT2D eigenvalue weighted by molar-refractivity contribution is 6.03. The van der Waals surface area contributed by atoms with Crippen molar-refractivity contribution in [3.05, 3.63) is 42.4 Å². The van der Waals surface area contributed by atoms with Crippen molar-refractivity contribution >= 4 is 5.71 Å². The monoisotopic (exact) mass is 202 g/mol. The highest BCUT2D eigenvalue weighted by Gasteiger charge is 2.32. The highest BCUT2D eigenvalue weighted by Crippen LogP contribution is 2.28. The fourth-order valence-corrected chi connectivity index (χ4v) is 1.54. The first-order valence-corrected chi connectivity index (χ1v) is 4.96. The van der Waals surface area contributed by atoms with Crippen LogP contribution in [0.1, 0.15) is 19.5 Å². The maximum Gasteiger partial charge on any atom is 0.107 e. The van der Waals surface area contributed by atoms with E-state index in [0.717, 1.165) is 5.69 Å². The average molecular weight is 202 g/mol. The number of hydrogen-bond acceptors (Lipinski definition) is 3. The summed E-state index contributed by atoms with van der Waals surface area (Å²) in [5.41, 5.74) is 1.10. The second-order valence-electron chi connectivity index (χ2n) is 4.27. The smallest absolute Gasteiger partial charge is 0.107 e. The van der Waals surface area contributed by atoms with Crippen LogP contribution in [-0.2, 0) is 0 Å². The molecule has 2 heterocycles. The van der Waals surface area contributed by atoms with Crippen molar-refractivity contribution in [3.8, 4) is 0 Å². The molecule has 0 aliphatic carbocycles. The summed E-state index contributed by atoms with van der Waals surface area (Å²) >= 11 is 0. The highest BCUT2D eigenvalue weighted by atomic mass is 16.3. The van der Waals surface area contributed by atoms with Crippen LogP contribution in [0.2, 0.25) is 0 Å². The number of aliphatic imine (C=N–C) groups is 1. The molecule has 0 amide bonds. The summed E-state index contributed by atoms with van der Waals surface area (Å²) in [6.07, 6.45) is 4.74. The van der Waals surface area contributed by atoms with Gasteiger partial charge < -0.3 is 5.11 Å². The molecule has 0 saturated carbocycles. The summed E-state index contributed by atoms with van der Waals surface area (Å²) in [5, 5.41) is 10.1. The molecule has 1 unspecified atom stereocenters. The average Bonchev–Trinajstić information content (AvgIpc) is 2.23. The van der Waals surface area contributed by atoms with Crippen LogP contribution >= 0.6 is 0 Å². The Labute approximate surface area is 89.2 Å².